The van der Waals surface area contributed by atoms with E-state index >= 15 is 0 Å². The van der Waals surface area contributed by atoms with Gasteiger partial charge in [0.25, 0.3) is 0 Å². The fraction of sp³-hybridized carbons (Fsp3) is 0.806. The van der Waals surface area contributed by atoms with Gasteiger partial charge in [0, 0.05) is 18.9 Å². The number of cyclic esters (lactones) is 1. The molecule has 6 nitrogen and oxygen atoms in total. The molecular weight excluding hydrogens is 496 g/mol. The molecular formula is C31H52O6Si. The number of allylic oxidation sites excluding steroid dienone is 3. The van der Waals surface area contributed by atoms with Crippen LogP contribution in [0.3, 0.4) is 0 Å². The van der Waals surface area contributed by atoms with Crippen molar-refractivity contribution in [1.82, 2.24) is 0 Å². The van der Waals surface area contributed by atoms with Gasteiger partial charge in [-0.15, -0.1) is 0 Å². The molecule has 216 valence electrons. The predicted octanol–water partition coefficient (Wildman–Crippen LogP) is 6.59. The zero-order valence-corrected chi connectivity index (χ0v) is 26.2. The van der Waals surface area contributed by atoms with E-state index in [9.17, 15) is 14.7 Å². The summed E-state index contributed by atoms with van der Waals surface area (Å²) in [6.45, 7) is 20.1. The summed E-state index contributed by atoms with van der Waals surface area (Å²) in [5.74, 6) is 0.585. The van der Waals surface area contributed by atoms with Gasteiger partial charge in [0.05, 0.1) is 17.9 Å². The van der Waals surface area contributed by atoms with Gasteiger partial charge in [0.15, 0.2) is 8.32 Å². The molecule has 0 bridgehead atoms. The summed E-state index contributed by atoms with van der Waals surface area (Å²) in [6.07, 6.45) is 9.33. The van der Waals surface area contributed by atoms with Gasteiger partial charge in [0.2, 0.25) is 0 Å². The molecule has 1 heterocycles. The molecule has 0 spiro atoms. The standard InChI is InChI=1S/C31H52O6Si/c1-20-16-22-11-10-21(2)25(13-12-24-18-23(32)19-27(33)36-24)28(22)26(17-20)37-29(34)31(6,7)14-15-35-38(8,9)30(3,4)5/h10-11,16,20-21,23-26,28,32H,12-15,17-19H2,1-9H3/t20-,21-,23+,24-,25-,26-,28-/m1/s1. The first kappa shape index (κ1) is 31.1. The number of hydrogen-bond acceptors (Lipinski definition) is 6. The lowest BCUT2D eigenvalue weighted by Crippen LogP contribution is -2.44. The topological polar surface area (TPSA) is 82.1 Å². The number of rotatable bonds is 9. The van der Waals surface area contributed by atoms with Crippen LogP contribution >= 0.6 is 0 Å². The van der Waals surface area contributed by atoms with Gasteiger partial charge < -0.3 is 19.0 Å². The van der Waals surface area contributed by atoms with Crippen LogP contribution in [0.15, 0.2) is 23.8 Å². The van der Waals surface area contributed by atoms with Crippen LogP contribution < -0.4 is 0 Å². The molecule has 3 aliphatic rings. The minimum atomic E-state index is -1.88. The number of aliphatic hydroxyl groups excluding tert-OH is 1. The molecule has 2 aliphatic carbocycles. The Bertz CT molecular complexity index is 914. The van der Waals surface area contributed by atoms with Crippen LogP contribution in [0.25, 0.3) is 0 Å². The molecule has 3 rings (SSSR count). The Hall–Kier alpha value is -1.44. The highest BCUT2D eigenvalue weighted by molar-refractivity contribution is 6.74. The Kier molecular flexibility index (Phi) is 9.79. The first-order valence-corrected chi connectivity index (χ1v) is 17.5. The molecule has 7 atom stereocenters. The monoisotopic (exact) mass is 548 g/mol. The van der Waals surface area contributed by atoms with Gasteiger partial charge in [-0.25, -0.2) is 0 Å². The second-order valence-corrected chi connectivity index (χ2v) is 19.1. The average molecular weight is 549 g/mol. The Labute approximate surface area is 231 Å². The highest BCUT2D eigenvalue weighted by Crippen LogP contribution is 2.46. The fourth-order valence-corrected chi connectivity index (χ4v) is 6.86. The summed E-state index contributed by atoms with van der Waals surface area (Å²) in [5.41, 5.74) is 0.620. The van der Waals surface area contributed by atoms with E-state index in [0.717, 1.165) is 12.8 Å². The summed E-state index contributed by atoms with van der Waals surface area (Å²) in [4.78, 5) is 25.4. The zero-order chi connectivity index (χ0) is 28.5. The Morgan fingerprint density at radius 3 is 2.45 bits per heavy atom. The van der Waals surface area contributed by atoms with Crippen molar-refractivity contribution in [3.63, 3.8) is 0 Å². The minimum Gasteiger partial charge on any atom is -0.462 e. The van der Waals surface area contributed by atoms with E-state index in [2.05, 4.69) is 65.9 Å². The van der Waals surface area contributed by atoms with Crippen LogP contribution in [0.2, 0.25) is 18.1 Å². The Morgan fingerprint density at radius 1 is 1.13 bits per heavy atom. The molecule has 0 aromatic heterocycles. The number of ether oxygens (including phenoxy) is 2. The zero-order valence-electron chi connectivity index (χ0n) is 25.2. The normalized spacial score (nSPS) is 32.3. The van der Waals surface area contributed by atoms with Gasteiger partial charge in [-0.05, 0) is 81.0 Å². The second-order valence-electron chi connectivity index (χ2n) is 14.3. The number of aliphatic hydroxyl groups is 1. The van der Waals surface area contributed by atoms with Crippen LogP contribution in [-0.2, 0) is 23.5 Å². The second kappa shape index (κ2) is 12.0. The van der Waals surface area contributed by atoms with Crippen molar-refractivity contribution in [3.05, 3.63) is 23.8 Å². The van der Waals surface area contributed by atoms with Crippen molar-refractivity contribution in [1.29, 1.82) is 0 Å². The van der Waals surface area contributed by atoms with E-state index in [1.807, 2.05) is 13.8 Å². The summed E-state index contributed by atoms with van der Waals surface area (Å²) in [5, 5.41) is 10.2. The molecule has 0 aromatic carbocycles. The number of carbonyl (C=O) groups excluding carboxylic acids is 2. The maximum absolute atomic E-state index is 13.5. The van der Waals surface area contributed by atoms with Crippen molar-refractivity contribution in [2.75, 3.05) is 6.61 Å². The number of carbonyl (C=O) groups is 2. The minimum absolute atomic E-state index is 0.0845. The van der Waals surface area contributed by atoms with E-state index in [-0.39, 0.29) is 47.4 Å². The van der Waals surface area contributed by atoms with Gasteiger partial charge in [-0.2, -0.15) is 0 Å². The highest BCUT2D eigenvalue weighted by Gasteiger charge is 2.44. The largest absolute Gasteiger partial charge is 0.462 e. The van der Waals surface area contributed by atoms with Crippen molar-refractivity contribution in [2.24, 2.45) is 29.1 Å². The number of esters is 2. The molecule has 0 saturated carbocycles. The van der Waals surface area contributed by atoms with E-state index in [0.29, 0.717) is 37.7 Å². The highest BCUT2D eigenvalue weighted by atomic mass is 28.4. The van der Waals surface area contributed by atoms with Crippen LogP contribution in [0.5, 0.6) is 0 Å². The molecule has 0 unspecified atom stereocenters. The van der Waals surface area contributed by atoms with Crippen LogP contribution in [-0.4, -0.2) is 50.3 Å². The average Bonchev–Trinajstić information content (AvgIpc) is 2.76. The smallest absolute Gasteiger partial charge is 0.311 e. The molecule has 0 radical (unpaired) electrons. The van der Waals surface area contributed by atoms with E-state index in [1.165, 1.54) is 5.57 Å². The quantitative estimate of drug-likeness (QED) is 0.259. The van der Waals surface area contributed by atoms with Crippen LogP contribution in [0, 0.1) is 29.1 Å². The molecule has 1 N–H and O–H groups in total. The van der Waals surface area contributed by atoms with Gasteiger partial charge in [-0.3, -0.25) is 9.59 Å². The Morgan fingerprint density at radius 2 is 1.82 bits per heavy atom. The molecule has 38 heavy (non-hydrogen) atoms. The van der Waals surface area contributed by atoms with E-state index < -0.39 is 19.8 Å². The van der Waals surface area contributed by atoms with Gasteiger partial charge >= 0.3 is 11.9 Å². The van der Waals surface area contributed by atoms with E-state index in [4.69, 9.17) is 13.9 Å². The molecule has 1 saturated heterocycles. The fourth-order valence-electron chi connectivity index (χ4n) is 5.81. The lowest BCUT2D eigenvalue weighted by atomic mass is 9.65. The Balaban J connectivity index is 1.68. The molecule has 7 heteroatoms. The lowest BCUT2D eigenvalue weighted by molar-refractivity contribution is -0.166. The predicted molar refractivity (Wildman–Crippen MR) is 153 cm³/mol. The number of hydrogen-bond donors (Lipinski definition) is 1. The van der Waals surface area contributed by atoms with Crippen molar-refractivity contribution in [2.45, 2.75) is 123 Å². The van der Waals surface area contributed by atoms with Crippen LogP contribution in [0.4, 0.5) is 0 Å². The van der Waals surface area contributed by atoms with Crippen molar-refractivity contribution in [3.8, 4) is 0 Å². The molecule has 1 aliphatic heterocycles. The van der Waals surface area contributed by atoms with Gasteiger partial charge in [0.1, 0.15) is 12.2 Å². The van der Waals surface area contributed by atoms with Gasteiger partial charge in [-0.1, -0.05) is 52.8 Å². The summed E-state index contributed by atoms with van der Waals surface area (Å²) in [7, 11) is -1.88. The maximum atomic E-state index is 13.5. The third kappa shape index (κ3) is 7.60. The maximum Gasteiger partial charge on any atom is 0.311 e. The van der Waals surface area contributed by atoms with Crippen molar-refractivity contribution >= 4 is 20.3 Å². The molecule has 0 amide bonds. The summed E-state index contributed by atoms with van der Waals surface area (Å²) >= 11 is 0. The third-order valence-corrected chi connectivity index (χ3v) is 14.0. The van der Waals surface area contributed by atoms with Crippen molar-refractivity contribution < 1.29 is 28.6 Å². The van der Waals surface area contributed by atoms with Crippen LogP contribution in [0.1, 0.15) is 87.0 Å². The number of fused-ring (bicyclic) bond motifs is 1. The van der Waals surface area contributed by atoms with E-state index in [1.54, 1.807) is 0 Å². The SMILES string of the molecule is C[C@@H]1C=C2C=C[C@@H](C)[C@@H](CC[C@@H]3C[C@H](O)CC(=O)O3)[C@@H]2[C@H](OC(=O)C(C)(C)CCO[Si](C)(C)C(C)(C)C)C1. The summed E-state index contributed by atoms with van der Waals surface area (Å²) < 4.78 is 18.3. The summed E-state index contributed by atoms with van der Waals surface area (Å²) in [6, 6.07) is 0. The molecule has 0 aromatic rings. The first-order valence-electron chi connectivity index (χ1n) is 14.6. The lowest BCUT2D eigenvalue weighted by Gasteiger charge is -2.44. The molecule has 1 fully saturated rings. The third-order valence-electron chi connectivity index (χ3n) is 9.46. The first-order chi connectivity index (χ1) is 17.5.